The first-order valence-corrected chi connectivity index (χ1v) is 7.69. The van der Waals surface area contributed by atoms with Crippen molar-refractivity contribution in [3.05, 3.63) is 58.9 Å². The fourth-order valence-corrected chi connectivity index (χ4v) is 3.10. The molecule has 0 spiro atoms. The first-order valence-electron chi connectivity index (χ1n) is 5.66. The maximum atomic E-state index is 13.1. The van der Waals surface area contributed by atoms with E-state index in [2.05, 4.69) is 4.72 Å². The highest BCUT2D eigenvalue weighted by Gasteiger charge is 2.14. The number of rotatable bonds is 4. The third-order valence-corrected chi connectivity index (χ3v) is 4.08. The number of nitrogens with two attached hydrogens (primary N) is 1. The van der Waals surface area contributed by atoms with Crippen LogP contribution in [-0.2, 0) is 15.8 Å². The minimum absolute atomic E-state index is 0.00979. The van der Waals surface area contributed by atoms with Crippen molar-refractivity contribution in [2.24, 2.45) is 0 Å². The van der Waals surface area contributed by atoms with Crippen LogP contribution in [0.3, 0.4) is 0 Å². The van der Waals surface area contributed by atoms with Crippen molar-refractivity contribution < 1.29 is 12.8 Å². The van der Waals surface area contributed by atoms with Crippen molar-refractivity contribution in [3.8, 4) is 0 Å². The van der Waals surface area contributed by atoms with Gasteiger partial charge in [-0.2, -0.15) is 0 Å². The highest BCUT2D eigenvalue weighted by atomic mass is 35.5. The van der Waals surface area contributed by atoms with E-state index in [4.69, 9.17) is 17.3 Å². The fourth-order valence-electron chi connectivity index (χ4n) is 1.68. The van der Waals surface area contributed by atoms with Crippen LogP contribution in [0.4, 0.5) is 15.8 Å². The highest BCUT2D eigenvalue weighted by Crippen LogP contribution is 2.24. The zero-order chi connectivity index (χ0) is 14.8. The van der Waals surface area contributed by atoms with E-state index in [1.807, 2.05) is 0 Å². The van der Waals surface area contributed by atoms with Crippen molar-refractivity contribution in [1.82, 2.24) is 0 Å². The Balaban J connectivity index is 2.21. The Morgan fingerprint density at radius 1 is 1.20 bits per heavy atom. The minimum Gasteiger partial charge on any atom is -0.399 e. The van der Waals surface area contributed by atoms with Gasteiger partial charge in [0, 0.05) is 5.69 Å². The molecule has 0 saturated carbocycles. The summed E-state index contributed by atoms with van der Waals surface area (Å²) in [5.74, 6) is -0.846. The number of nitrogen functional groups attached to an aromatic ring is 1. The average molecular weight is 315 g/mol. The van der Waals surface area contributed by atoms with Crippen molar-refractivity contribution in [3.63, 3.8) is 0 Å². The monoisotopic (exact) mass is 314 g/mol. The molecule has 0 bridgehead atoms. The highest BCUT2D eigenvalue weighted by molar-refractivity contribution is 7.91. The van der Waals surface area contributed by atoms with E-state index in [1.54, 1.807) is 24.3 Å². The number of hydrogen-bond donors (Lipinski definition) is 2. The minimum atomic E-state index is -3.70. The van der Waals surface area contributed by atoms with Gasteiger partial charge in [0.25, 0.3) is 0 Å². The van der Waals surface area contributed by atoms with E-state index in [0.29, 0.717) is 11.3 Å². The fraction of sp³-hybridized carbons (Fsp3) is 0.0769. The Bertz CT molecular complexity index is 735. The van der Waals surface area contributed by atoms with E-state index >= 15 is 0 Å². The maximum Gasteiger partial charge on any atom is 0.236 e. The zero-order valence-corrected chi connectivity index (χ0v) is 11.9. The first kappa shape index (κ1) is 14.6. The van der Waals surface area contributed by atoms with E-state index < -0.39 is 15.8 Å². The lowest BCUT2D eigenvalue weighted by atomic mass is 10.2. The Labute approximate surface area is 121 Å². The van der Waals surface area contributed by atoms with Crippen LogP contribution >= 0.6 is 11.6 Å². The largest absolute Gasteiger partial charge is 0.399 e. The van der Waals surface area contributed by atoms with Crippen LogP contribution in [0.1, 0.15) is 5.56 Å². The number of nitrogens with one attached hydrogen (secondary N) is 1. The molecule has 106 valence electrons. The van der Waals surface area contributed by atoms with Crippen molar-refractivity contribution in [2.45, 2.75) is 5.75 Å². The second-order valence-corrected chi connectivity index (χ2v) is 6.36. The molecule has 0 saturated heterocycles. The van der Waals surface area contributed by atoms with Gasteiger partial charge in [-0.1, -0.05) is 23.7 Å². The van der Waals surface area contributed by atoms with Crippen molar-refractivity contribution >= 4 is 33.0 Å². The van der Waals surface area contributed by atoms with Gasteiger partial charge in [0.1, 0.15) is 5.82 Å². The normalized spacial score (nSPS) is 11.3. The summed E-state index contributed by atoms with van der Waals surface area (Å²) in [6.45, 7) is 0. The van der Waals surface area contributed by atoms with E-state index in [-0.39, 0.29) is 16.5 Å². The first-order chi connectivity index (χ1) is 9.35. The molecule has 0 aromatic heterocycles. The quantitative estimate of drug-likeness (QED) is 0.852. The molecule has 0 atom stereocenters. The Hall–Kier alpha value is -1.79. The molecule has 2 aromatic rings. The summed E-state index contributed by atoms with van der Waals surface area (Å²) < 4.78 is 39.4. The second-order valence-electron chi connectivity index (χ2n) is 4.23. The molecule has 2 rings (SSSR count). The topological polar surface area (TPSA) is 72.2 Å². The van der Waals surface area contributed by atoms with E-state index in [0.717, 1.165) is 12.1 Å². The lowest BCUT2D eigenvalue weighted by Gasteiger charge is -2.10. The Morgan fingerprint density at radius 3 is 2.65 bits per heavy atom. The van der Waals surface area contributed by atoms with Crippen LogP contribution in [0.2, 0.25) is 5.02 Å². The van der Waals surface area contributed by atoms with Gasteiger partial charge in [-0.05, 0) is 35.9 Å². The predicted molar refractivity (Wildman–Crippen MR) is 78.5 cm³/mol. The van der Waals surface area contributed by atoms with Crippen LogP contribution in [0.25, 0.3) is 0 Å². The Morgan fingerprint density at radius 2 is 1.95 bits per heavy atom. The van der Waals surface area contributed by atoms with Gasteiger partial charge in [0.05, 0.1) is 16.5 Å². The van der Waals surface area contributed by atoms with Crippen LogP contribution in [-0.4, -0.2) is 8.42 Å². The third kappa shape index (κ3) is 3.85. The third-order valence-electron chi connectivity index (χ3n) is 2.50. The molecule has 0 aliphatic heterocycles. The van der Waals surface area contributed by atoms with Crippen LogP contribution in [0.5, 0.6) is 0 Å². The molecule has 0 unspecified atom stereocenters. The summed E-state index contributed by atoms with van der Waals surface area (Å²) in [6.07, 6.45) is 0. The smallest absolute Gasteiger partial charge is 0.236 e. The summed E-state index contributed by atoms with van der Waals surface area (Å²) in [5, 5.41) is 0.127. The summed E-state index contributed by atoms with van der Waals surface area (Å²) in [5.41, 5.74) is 6.60. The van der Waals surface area contributed by atoms with Gasteiger partial charge < -0.3 is 5.73 Å². The predicted octanol–water partition coefficient (Wildman–Crippen LogP) is 3.00. The molecule has 0 fully saturated rings. The van der Waals surface area contributed by atoms with E-state index in [1.165, 1.54) is 6.07 Å². The summed E-state index contributed by atoms with van der Waals surface area (Å²) in [4.78, 5) is 0. The number of hydrogen-bond acceptors (Lipinski definition) is 3. The average Bonchev–Trinajstić information content (AvgIpc) is 2.33. The van der Waals surface area contributed by atoms with Crippen LogP contribution in [0.15, 0.2) is 42.5 Å². The van der Waals surface area contributed by atoms with Gasteiger partial charge in [-0.15, -0.1) is 0 Å². The van der Waals surface area contributed by atoms with E-state index in [9.17, 15) is 12.8 Å². The van der Waals surface area contributed by atoms with Crippen LogP contribution in [0, 0.1) is 5.82 Å². The number of benzene rings is 2. The summed E-state index contributed by atoms with van der Waals surface area (Å²) in [7, 11) is -3.70. The molecule has 2 aromatic carbocycles. The molecular weight excluding hydrogens is 303 g/mol. The lowest BCUT2D eigenvalue weighted by Crippen LogP contribution is -2.15. The molecule has 4 nitrogen and oxygen atoms in total. The van der Waals surface area contributed by atoms with Crippen molar-refractivity contribution in [1.29, 1.82) is 0 Å². The maximum absolute atomic E-state index is 13.1. The zero-order valence-electron chi connectivity index (χ0n) is 10.3. The molecule has 0 heterocycles. The Kier molecular flexibility index (Phi) is 4.15. The van der Waals surface area contributed by atoms with Crippen LogP contribution < -0.4 is 10.5 Å². The number of sulfonamides is 1. The molecular formula is C13H12ClFN2O2S. The molecule has 0 aliphatic rings. The second kappa shape index (κ2) is 5.68. The standard InChI is InChI=1S/C13H12ClFN2O2S/c14-12-5-4-10(15)7-13(12)17-20(18,19)8-9-2-1-3-11(16)6-9/h1-7,17H,8,16H2. The van der Waals surface area contributed by atoms with Gasteiger partial charge >= 0.3 is 0 Å². The molecule has 7 heteroatoms. The van der Waals surface area contributed by atoms with Crippen molar-refractivity contribution in [2.75, 3.05) is 10.5 Å². The van der Waals surface area contributed by atoms with Gasteiger partial charge in [0.15, 0.2) is 0 Å². The summed E-state index contributed by atoms with van der Waals surface area (Å²) in [6, 6.07) is 9.99. The van der Waals surface area contributed by atoms with Gasteiger partial charge in [-0.25, -0.2) is 12.8 Å². The number of halogens is 2. The van der Waals surface area contributed by atoms with Gasteiger partial charge in [-0.3, -0.25) is 4.72 Å². The summed E-state index contributed by atoms with van der Waals surface area (Å²) >= 11 is 5.82. The molecule has 0 radical (unpaired) electrons. The molecule has 20 heavy (non-hydrogen) atoms. The molecule has 3 N–H and O–H groups in total. The number of anilines is 2. The van der Waals surface area contributed by atoms with Gasteiger partial charge in [0.2, 0.25) is 10.0 Å². The SMILES string of the molecule is Nc1cccc(CS(=O)(=O)Nc2cc(F)ccc2Cl)c1. The lowest BCUT2D eigenvalue weighted by molar-refractivity contribution is 0.600. The molecule has 0 amide bonds. The molecule has 0 aliphatic carbocycles.